The molecule has 2 aromatic rings. The van der Waals surface area contributed by atoms with E-state index < -0.39 is 22.2 Å². The van der Waals surface area contributed by atoms with Crippen molar-refractivity contribution < 1.29 is 13.7 Å². The van der Waals surface area contributed by atoms with Crippen LogP contribution in [0.4, 0.5) is 25.8 Å². The van der Waals surface area contributed by atoms with Gasteiger partial charge in [0.2, 0.25) is 5.82 Å². The molecule has 0 radical (unpaired) electrons. The highest BCUT2D eigenvalue weighted by Crippen LogP contribution is 2.30. The lowest BCUT2D eigenvalue weighted by Crippen LogP contribution is -2.00. The third kappa shape index (κ3) is 2.54. The van der Waals surface area contributed by atoms with Crippen LogP contribution in [0.2, 0.25) is 0 Å². The second kappa shape index (κ2) is 5.32. The van der Waals surface area contributed by atoms with Crippen molar-refractivity contribution in [2.75, 3.05) is 5.32 Å². The van der Waals surface area contributed by atoms with Crippen LogP contribution >= 0.6 is 0 Å². The average molecular weight is 275 g/mol. The zero-order valence-corrected chi connectivity index (χ0v) is 9.93. The molecule has 2 aromatic carbocycles. The van der Waals surface area contributed by atoms with Crippen molar-refractivity contribution in [3.05, 3.63) is 63.7 Å². The topological polar surface area (TPSA) is 79.0 Å². The molecule has 0 spiro atoms. The second-order valence-corrected chi connectivity index (χ2v) is 3.82. The Morgan fingerprint density at radius 2 is 1.95 bits per heavy atom. The number of nitrogens with one attached hydrogen (secondary N) is 1. The van der Waals surface area contributed by atoms with Gasteiger partial charge in [0.1, 0.15) is 17.6 Å². The van der Waals surface area contributed by atoms with Crippen LogP contribution in [0.1, 0.15) is 5.56 Å². The molecule has 7 heteroatoms. The predicted molar refractivity (Wildman–Crippen MR) is 67.5 cm³/mol. The van der Waals surface area contributed by atoms with Gasteiger partial charge >= 0.3 is 5.69 Å². The molecule has 0 aliphatic heterocycles. The summed E-state index contributed by atoms with van der Waals surface area (Å²) in [7, 11) is 0. The predicted octanol–water partition coefficient (Wildman–Crippen LogP) is 3.49. The molecule has 100 valence electrons. The minimum Gasteiger partial charge on any atom is -0.350 e. The first-order valence-electron chi connectivity index (χ1n) is 5.42. The maximum Gasteiger partial charge on any atom is 0.327 e. The van der Waals surface area contributed by atoms with E-state index in [1.165, 1.54) is 24.3 Å². The van der Waals surface area contributed by atoms with Gasteiger partial charge in [0, 0.05) is 5.69 Å². The largest absolute Gasteiger partial charge is 0.350 e. The second-order valence-electron chi connectivity index (χ2n) is 3.82. The Hall–Kier alpha value is -3.01. The molecule has 0 aliphatic carbocycles. The van der Waals surface area contributed by atoms with Crippen LogP contribution in [-0.2, 0) is 0 Å². The Kier molecular flexibility index (Phi) is 3.57. The van der Waals surface area contributed by atoms with Gasteiger partial charge in [0.05, 0.1) is 10.5 Å². The number of hydrogen-bond donors (Lipinski definition) is 1. The number of nitro benzene ring substituents is 1. The van der Waals surface area contributed by atoms with Crippen molar-refractivity contribution in [3.8, 4) is 6.07 Å². The first-order chi connectivity index (χ1) is 9.52. The van der Waals surface area contributed by atoms with E-state index in [4.69, 9.17) is 5.26 Å². The van der Waals surface area contributed by atoms with Gasteiger partial charge in [-0.25, -0.2) is 4.39 Å². The minimum atomic E-state index is -0.984. The van der Waals surface area contributed by atoms with Crippen LogP contribution < -0.4 is 5.32 Å². The highest BCUT2D eigenvalue weighted by atomic mass is 19.1. The summed E-state index contributed by atoms with van der Waals surface area (Å²) < 4.78 is 26.6. The third-order valence-electron chi connectivity index (χ3n) is 2.54. The molecule has 5 nitrogen and oxygen atoms in total. The Bertz CT molecular complexity index is 726. The number of nitriles is 1. The maximum atomic E-state index is 13.4. The molecule has 2 rings (SSSR count). The molecule has 0 bridgehead atoms. The highest BCUT2D eigenvalue weighted by Gasteiger charge is 2.20. The SMILES string of the molecule is N#Cc1cc(Nc2cccc(F)c2[N+](=O)[O-])ccc1F. The van der Waals surface area contributed by atoms with Crippen LogP contribution in [0.25, 0.3) is 0 Å². The molecule has 0 unspecified atom stereocenters. The molecule has 0 aromatic heterocycles. The van der Waals surface area contributed by atoms with E-state index in [0.717, 1.165) is 12.1 Å². The highest BCUT2D eigenvalue weighted by molar-refractivity contribution is 5.70. The van der Waals surface area contributed by atoms with Gasteiger partial charge < -0.3 is 5.32 Å². The molecule has 0 atom stereocenters. The lowest BCUT2D eigenvalue weighted by Gasteiger charge is -2.08. The van der Waals surface area contributed by atoms with E-state index in [1.54, 1.807) is 6.07 Å². The quantitative estimate of drug-likeness (QED) is 0.687. The summed E-state index contributed by atoms with van der Waals surface area (Å²) in [5.41, 5.74) is -0.758. The molecule has 0 saturated heterocycles. The van der Waals surface area contributed by atoms with Gasteiger partial charge in [-0.1, -0.05) is 6.07 Å². The molecule has 1 N–H and O–H groups in total. The maximum absolute atomic E-state index is 13.4. The van der Waals surface area contributed by atoms with Crippen molar-refractivity contribution in [1.29, 1.82) is 5.26 Å². The number of halogens is 2. The number of rotatable bonds is 3. The monoisotopic (exact) mass is 275 g/mol. The Balaban J connectivity index is 2.43. The molecule has 0 amide bonds. The van der Waals surface area contributed by atoms with Crippen LogP contribution in [0.15, 0.2) is 36.4 Å². The van der Waals surface area contributed by atoms with Crippen LogP contribution in [0.3, 0.4) is 0 Å². The lowest BCUT2D eigenvalue weighted by atomic mass is 10.2. The fraction of sp³-hybridized carbons (Fsp3) is 0. The van der Waals surface area contributed by atoms with Gasteiger partial charge in [0.25, 0.3) is 0 Å². The van der Waals surface area contributed by atoms with E-state index in [2.05, 4.69) is 5.32 Å². The summed E-state index contributed by atoms with van der Waals surface area (Å²) >= 11 is 0. The van der Waals surface area contributed by atoms with Gasteiger partial charge in [0.15, 0.2) is 0 Å². The molecule has 20 heavy (non-hydrogen) atoms. The molecular formula is C13H7F2N3O2. The molecule has 0 aliphatic rings. The summed E-state index contributed by atoms with van der Waals surface area (Å²) in [6.07, 6.45) is 0. The van der Waals surface area contributed by atoms with Crippen LogP contribution in [0.5, 0.6) is 0 Å². The zero-order valence-electron chi connectivity index (χ0n) is 9.93. The van der Waals surface area contributed by atoms with Crippen molar-refractivity contribution in [3.63, 3.8) is 0 Å². The van der Waals surface area contributed by atoms with Gasteiger partial charge in [-0.05, 0) is 30.3 Å². The smallest absolute Gasteiger partial charge is 0.327 e. The number of hydrogen-bond acceptors (Lipinski definition) is 4. The van der Waals surface area contributed by atoms with E-state index >= 15 is 0 Å². The summed E-state index contributed by atoms with van der Waals surface area (Å²) in [4.78, 5) is 9.97. The minimum absolute atomic E-state index is 0.0782. The normalized spacial score (nSPS) is 9.85. The average Bonchev–Trinajstić information content (AvgIpc) is 2.40. The fourth-order valence-electron chi connectivity index (χ4n) is 1.65. The third-order valence-corrected chi connectivity index (χ3v) is 2.54. The van der Waals surface area contributed by atoms with E-state index in [9.17, 15) is 18.9 Å². The van der Waals surface area contributed by atoms with Gasteiger partial charge in [-0.15, -0.1) is 0 Å². The summed E-state index contributed by atoms with van der Waals surface area (Å²) in [6, 6.07) is 8.76. The fourth-order valence-corrected chi connectivity index (χ4v) is 1.65. The molecule has 0 heterocycles. The summed E-state index contributed by atoms with van der Waals surface area (Å²) in [5, 5.41) is 22.1. The van der Waals surface area contributed by atoms with Crippen LogP contribution in [-0.4, -0.2) is 4.92 Å². The first-order valence-corrected chi connectivity index (χ1v) is 5.42. The van der Waals surface area contributed by atoms with E-state index in [1.807, 2.05) is 0 Å². The molecular weight excluding hydrogens is 268 g/mol. The molecule has 0 saturated carbocycles. The number of benzene rings is 2. The first kappa shape index (κ1) is 13.4. The van der Waals surface area contributed by atoms with E-state index in [-0.39, 0.29) is 16.9 Å². The Morgan fingerprint density at radius 3 is 2.60 bits per heavy atom. The standard InChI is InChI=1S/C13H7F2N3O2/c14-10-5-4-9(6-8(10)7-16)17-12-3-1-2-11(15)13(12)18(19)20/h1-6,17H. The zero-order chi connectivity index (χ0) is 14.7. The van der Waals surface area contributed by atoms with Crippen molar-refractivity contribution in [1.82, 2.24) is 0 Å². The van der Waals surface area contributed by atoms with E-state index in [0.29, 0.717) is 0 Å². The molecule has 0 fully saturated rings. The summed E-state index contributed by atoms with van der Waals surface area (Å²) in [6.45, 7) is 0. The number of anilines is 2. The van der Waals surface area contributed by atoms with Crippen molar-refractivity contribution in [2.24, 2.45) is 0 Å². The Labute approximate surface area is 112 Å². The van der Waals surface area contributed by atoms with Crippen LogP contribution in [0, 0.1) is 33.1 Å². The van der Waals surface area contributed by atoms with Crippen molar-refractivity contribution in [2.45, 2.75) is 0 Å². The number of nitrogens with zero attached hydrogens (tertiary/aromatic N) is 2. The van der Waals surface area contributed by atoms with Gasteiger partial charge in [-0.2, -0.15) is 9.65 Å². The lowest BCUT2D eigenvalue weighted by molar-refractivity contribution is -0.386. The number of nitro groups is 1. The Morgan fingerprint density at radius 1 is 1.20 bits per heavy atom. The van der Waals surface area contributed by atoms with Crippen molar-refractivity contribution >= 4 is 17.1 Å². The van der Waals surface area contributed by atoms with Gasteiger partial charge in [-0.3, -0.25) is 10.1 Å². The number of para-hydroxylation sites is 1. The summed E-state index contributed by atoms with van der Waals surface area (Å²) in [5.74, 6) is -1.69.